The Morgan fingerprint density at radius 3 is 3.06 bits per heavy atom. The largest absolute Gasteiger partial charge is 0.399 e. The van der Waals surface area contributed by atoms with Crippen molar-refractivity contribution in [2.75, 3.05) is 5.73 Å². The summed E-state index contributed by atoms with van der Waals surface area (Å²) in [5, 5.41) is 1.89. The average Bonchev–Trinajstić information content (AvgIpc) is 2.73. The molecule has 0 unspecified atom stereocenters. The van der Waals surface area contributed by atoms with E-state index in [1.54, 1.807) is 6.20 Å². The van der Waals surface area contributed by atoms with Gasteiger partial charge in [0.1, 0.15) is 11.4 Å². The molecule has 90 valence electrons. The van der Waals surface area contributed by atoms with Gasteiger partial charge >= 0.3 is 0 Å². The first-order valence-corrected chi connectivity index (χ1v) is 6.30. The maximum Gasteiger partial charge on any atom is 0.172 e. The van der Waals surface area contributed by atoms with Crippen LogP contribution in [0.2, 0.25) is 5.02 Å². The van der Waals surface area contributed by atoms with Gasteiger partial charge in [-0.25, -0.2) is 15.0 Å². The minimum atomic E-state index is 0.502. The molecular formula is C11H8ClN5S. The van der Waals surface area contributed by atoms with E-state index < -0.39 is 0 Å². The molecule has 2 heterocycles. The maximum absolute atomic E-state index is 5.99. The lowest BCUT2D eigenvalue weighted by molar-refractivity contribution is 1.02. The number of imidazole rings is 1. The molecule has 0 aliphatic rings. The minimum absolute atomic E-state index is 0.502. The molecule has 0 aliphatic carbocycles. The van der Waals surface area contributed by atoms with Crippen molar-refractivity contribution in [1.29, 1.82) is 0 Å². The zero-order valence-electron chi connectivity index (χ0n) is 9.09. The second-order valence-electron chi connectivity index (χ2n) is 3.60. The topological polar surface area (TPSA) is 80.5 Å². The van der Waals surface area contributed by atoms with Crippen LogP contribution in [0.4, 0.5) is 5.69 Å². The summed E-state index contributed by atoms with van der Waals surface area (Å²) in [7, 11) is 0. The van der Waals surface area contributed by atoms with Crippen molar-refractivity contribution >= 4 is 40.1 Å². The molecule has 0 radical (unpaired) electrons. The number of nitrogens with one attached hydrogen (secondary N) is 1. The summed E-state index contributed by atoms with van der Waals surface area (Å²) in [6, 6.07) is 5.52. The van der Waals surface area contributed by atoms with Gasteiger partial charge in [0.15, 0.2) is 5.16 Å². The number of fused-ring (bicyclic) bond motifs is 1. The Bertz CT molecular complexity index is 711. The molecule has 0 amide bonds. The van der Waals surface area contributed by atoms with Crippen LogP contribution in [0.3, 0.4) is 0 Å². The highest BCUT2D eigenvalue weighted by molar-refractivity contribution is 7.99. The van der Waals surface area contributed by atoms with E-state index >= 15 is 0 Å². The molecule has 0 fully saturated rings. The lowest BCUT2D eigenvalue weighted by Gasteiger charge is -1.97. The molecular weight excluding hydrogens is 270 g/mol. The Balaban J connectivity index is 1.98. The Labute approximate surface area is 112 Å². The SMILES string of the molecule is Nc1ccc2nc(Sc3ncncc3Cl)[nH]c2c1. The molecule has 0 aliphatic heterocycles. The van der Waals surface area contributed by atoms with Gasteiger partial charge in [-0.1, -0.05) is 11.6 Å². The van der Waals surface area contributed by atoms with E-state index in [-0.39, 0.29) is 0 Å². The number of aromatic amines is 1. The number of hydrogen-bond acceptors (Lipinski definition) is 5. The Kier molecular flexibility index (Phi) is 2.81. The van der Waals surface area contributed by atoms with Crippen LogP contribution in [-0.4, -0.2) is 19.9 Å². The molecule has 0 bridgehead atoms. The highest BCUT2D eigenvalue weighted by Gasteiger charge is 2.08. The van der Waals surface area contributed by atoms with Crippen LogP contribution in [0.1, 0.15) is 0 Å². The van der Waals surface area contributed by atoms with Crippen molar-refractivity contribution in [3.63, 3.8) is 0 Å². The Morgan fingerprint density at radius 2 is 2.22 bits per heavy atom. The van der Waals surface area contributed by atoms with Crippen molar-refractivity contribution < 1.29 is 0 Å². The van der Waals surface area contributed by atoms with Gasteiger partial charge < -0.3 is 10.7 Å². The molecule has 18 heavy (non-hydrogen) atoms. The molecule has 1 aromatic carbocycles. The standard InChI is InChI=1S/C11H8ClN5S/c12-7-4-14-5-15-10(7)18-11-16-8-2-1-6(13)3-9(8)17-11/h1-5H,13H2,(H,16,17). The molecule has 2 aromatic heterocycles. The monoisotopic (exact) mass is 277 g/mol. The summed E-state index contributed by atoms with van der Waals surface area (Å²) in [5.74, 6) is 0. The molecule has 3 rings (SSSR count). The van der Waals surface area contributed by atoms with Crippen molar-refractivity contribution in [2.24, 2.45) is 0 Å². The van der Waals surface area contributed by atoms with Crippen LogP contribution in [0, 0.1) is 0 Å². The van der Waals surface area contributed by atoms with E-state index in [0.29, 0.717) is 15.7 Å². The minimum Gasteiger partial charge on any atom is -0.399 e. The van der Waals surface area contributed by atoms with Crippen molar-refractivity contribution in [3.8, 4) is 0 Å². The second-order valence-corrected chi connectivity index (χ2v) is 4.98. The average molecular weight is 278 g/mol. The summed E-state index contributed by atoms with van der Waals surface area (Å²) in [6.07, 6.45) is 3.01. The van der Waals surface area contributed by atoms with E-state index in [1.807, 2.05) is 18.2 Å². The van der Waals surface area contributed by atoms with Gasteiger partial charge in [-0.15, -0.1) is 0 Å². The quantitative estimate of drug-likeness (QED) is 0.556. The number of anilines is 1. The molecule has 5 nitrogen and oxygen atoms in total. The molecule has 3 N–H and O–H groups in total. The van der Waals surface area contributed by atoms with Gasteiger partial charge in [-0.2, -0.15) is 0 Å². The van der Waals surface area contributed by atoms with E-state index in [2.05, 4.69) is 19.9 Å². The first kappa shape index (κ1) is 11.3. The summed E-state index contributed by atoms with van der Waals surface area (Å²) in [5.41, 5.74) is 8.16. The molecule has 0 saturated carbocycles. The second kappa shape index (κ2) is 4.47. The van der Waals surface area contributed by atoms with E-state index in [0.717, 1.165) is 16.2 Å². The van der Waals surface area contributed by atoms with Gasteiger partial charge in [-0.3, -0.25) is 0 Å². The van der Waals surface area contributed by atoms with Crippen LogP contribution in [0.25, 0.3) is 11.0 Å². The summed E-state index contributed by atoms with van der Waals surface area (Å²) in [6.45, 7) is 0. The highest BCUT2D eigenvalue weighted by Crippen LogP contribution is 2.30. The van der Waals surface area contributed by atoms with E-state index in [4.69, 9.17) is 17.3 Å². The zero-order valence-corrected chi connectivity index (χ0v) is 10.7. The number of halogens is 1. The third kappa shape index (κ3) is 2.12. The smallest absolute Gasteiger partial charge is 0.172 e. The zero-order chi connectivity index (χ0) is 12.5. The predicted octanol–water partition coefficient (Wildman–Crippen LogP) is 2.74. The maximum atomic E-state index is 5.99. The first-order chi connectivity index (χ1) is 8.72. The first-order valence-electron chi connectivity index (χ1n) is 5.11. The number of aromatic nitrogens is 4. The van der Waals surface area contributed by atoms with Crippen LogP contribution in [0.15, 0.2) is 40.9 Å². The van der Waals surface area contributed by atoms with E-state index in [9.17, 15) is 0 Å². The summed E-state index contributed by atoms with van der Waals surface area (Å²) in [4.78, 5) is 15.5. The van der Waals surface area contributed by atoms with E-state index in [1.165, 1.54) is 18.1 Å². The van der Waals surface area contributed by atoms with Crippen LogP contribution < -0.4 is 5.73 Å². The van der Waals surface area contributed by atoms with Gasteiger partial charge in [0, 0.05) is 5.69 Å². The van der Waals surface area contributed by atoms with Crippen LogP contribution >= 0.6 is 23.4 Å². The summed E-state index contributed by atoms with van der Waals surface area (Å²) >= 11 is 7.35. The van der Waals surface area contributed by atoms with Gasteiger partial charge in [0.05, 0.1) is 22.3 Å². The number of H-pyrrole nitrogens is 1. The third-order valence-electron chi connectivity index (χ3n) is 2.31. The normalized spacial score (nSPS) is 10.9. The van der Waals surface area contributed by atoms with Crippen LogP contribution in [0.5, 0.6) is 0 Å². The van der Waals surface area contributed by atoms with Crippen molar-refractivity contribution in [2.45, 2.75) is 10.2 Å². The van der Waals surface area contributed by atoms with Gasteiger partial charge in [0.2, 0.25) is 0 Å². The lowest BCUT2D eigenvalue weighted by Crippen LogP contribution is -1.84. The molecule has 0 saturated heterocycles. The molecule has 0 spiro atoms. The van der Waals surface area contributed by atoms with Crippen LogP contribution in [-0.2, 0) is 0 Å². The third-order valence-corrected chi connectivity index (χ3v) is 3.61. The fraction of sp³-hybridized carbons (Fsp3) is 0. The number of nitrogens with zero attached hydrogens (tertiary/aromatic N) is 3. The Hall–Kier alpha value is -1.79. The van der Waals surface area contributed by atoms with Gasteiger partial charge in [-0.05, 0) is 30.0 Å². The number of rotatable bonds is 2. The fourth-order valence-electron chi connectivity index (χ4n) is 1.52. The molecule has 0 atom stereocenters. The number of benzene rings is 1. The predicted molar refractivity (Wildman–Crippen MR) is 71.7 cm³/mol. The fourth-order valence-corrected chi connectivity index (χ4v) is 2.48. The number of nitrogen functional groups attached to an aromatic ring is 1. The highest BCUT2D eigenvalue weighted by atomic mass is 35.5. The van der Waals surface area contributed by atoms with Crippen molar-refractivity contribution in [1.82, 2.24) is 19.9 Å². The number of nitrogens with two attached hydrogens (primary N) is 1. The van der Waals surface area contributed by atoms with Crippen molar-refractivity contribution in [3.05, 3.63) is 35.7 Å². The summed E-state index contributed by atoms with van der Waals surface area (Å²) < 4.78 is 0. The molecule has 3 aromatic rings. The van der Waals surface area contributed by atoms with Gasteiger partial charge in [0.25, 0.3) is 0 Å². The number of hydrogen-bond donors (Lipinski definition) is 2. The Morgan fingerprint density at radius 1 is 1.33 bits per heavy atom. The molecule has 7 heteroatoms. The lowest BCUT2D eigenvalue weighted by atomic mass is 10.3.